The molecule has 6 aromatic carbocycles. The third-order valence-corrected chi connectivity index (χ3v) is 9.25. The molecule has 1 heterocycles. The molecule has 0 saturated heterocycles. The van der Waals surface area contributed by atoms with Gasteiger partial charge in [-0.3, -0.25) is 9.80 Å². The van der Waals surface area contributed by atoms with E-state index < -0.39 is 0 Å². The fourth-order valence-electron chi connectivity index (χ4n) is 6.28. The summed E-state index contributed by atoms with van der Waals surface area (Å²) in [6.07, 6.45) is 0. The predicted octanol–water partition coefficient (Wildman–Crippen LogP) is 13.3. The van der Waals surface area contributed by atoms with Crippen LogP contribution in [0.25, 0.3) is 0 Å². The first kappa shape index (κ1) is 33.4. The van der Waals surface area contributed by atoms with Gasteiger partial charge in [0.2, 0.25) is 0 Å². The first-order chi connectivity index (χ1) is 24.7. The maximum atomic E-state index is 5.55. The zero-order chi connectivity index (χ0) is 35.5. The Morgan fingerprint density at radius 2 is 0.451 bits per heavy atom. The number of hydrogen-bond donors (Lipinski definition) is 0. The SMILES string of the molecule is Cc1ccc(N(c2ccc(C)cc2)c2cc(N(c3ccc(C)cc3)c3ccc(C)cc3)nc(N(c3ccc(C)cc3)c3ccc(C)cc3)c2)cc1. The second-order valence-electron chi connectivity index (χ2n) is 13.6. The number of nitrogens with zero attached hydrogens (tertiary/aromatic N) is 4. The van der Waals surface area contributed by atoms with Gasteiger partial charge in [-0.25, -0.2) is 4.98 Å². The van der Waals surface area contributed by atoms with Crippen molar-refractivity contribution < 1.29 is 0 Å². The molecule has 4 nitrogen and oxygen atoms in total. The number of hydrogen-bond acceptors (Lipinski definition) is 4. The number of benzene rings is 6. The van der Waals surface area contributed by atoms with Gasteiger partial charge in [0.1, 0.15) is 11.6 Å². The van der Waals surface area contributed by atoms with Crippen LogP contribution >= 0.6 is 0 Å². The molecule has 252 valence electrons. The molecular formula is C47H44N4. The van der Waals surface area contributed by atoms with Gasteiger partial charge in [0, 0.05) is 46.3 Å². The van der Waals surface area contributed by atoms with E-state index in [0.29, 0.717) is 0 Å². The van der Waals surface area contributed by atoms with E-state index in [2.05, 4.69) is 214 Å². The summed E-state index contributed by atoms with van der Waals surface area (Å²) in [6.45, 7) is 12.8. The Balaban J connectivity index is 1.54. The minimum atomic E-state index is 0.809. The summed E-state index contributed by atoms with van der Waals surface area (Å²) in [5.74, 6) is 1.62. The second-order valence-corrected chi connectivity index (χ2v) is 13.6. The minimum absolute atomic E-state index is 0.809. The Morgan fingerprint density at radius 1 is 0.255 bits per heavy atom. The van der Waals surface area contributed by atoms with E-state index in [1.54, 1.807) is 0 Å². The molecule has 51 heavy (non-hydrogen) atoms. The van der Waals surface area contributed by atoms with Crippen LogP contribution in [0.1, 0.15) is 33.4 Å². The summed E-state index contributed by atoms with van der Waals surface area (Å²) in [5, 5.41) is 0. The number of aromatic nitrogens is 1. The van der Waals surface area contributed by atoms with E-state index in [1.807, 2.05) is 0 Å². The normalized spacial score (nSPS) is 10.9. The minimum Gasteiger partial charge on any atom is -0.310 e. The van der Waals surface area contributed by atoms with Crippen molar-refractivity contribution in [3.8, 4) is 0 Å². The van der Waals surface area contributed by atoms with Crippen LogP contribution in [0, 0.1) is 41.5 Å². The van der Waals surface area contributed by atoms with Crippen molar-refractivity contribution in [1.82, 2.24) is 4.98 Å². The van der Waals surface area contributed by atoms with E-state index in [1.165, 1.54) is 33.4 Å². The van der Waals surface area contributed by atoms with Crippen LogP contribution in [-0.2, 0) is 0 Å². The summed E-state index contributed by atoms with van der Waals surface area (Å²) in [6, 6.07) is 56.7. The summed E-state index contributed by atoms with van der Waals surface area (Å²) >= 11 is 0. The molecular weight excluding hydrogens is 621 g/mol. The van der Waals surface area contributed by atoms with Crippen molar-refractivity contribution >= 4 is 51.4 Å². The summed E-state index contributed by atoms with van der Waals surface area (Å²) < 4.78 is 0. The molecule has 0 bridgehead atoms. The maximum absolute atomic E-state index is 5.55. The molecule has 0 aliphatic heterocycles. The Morgan fingerprint density at radius 3 is 0.667 bits per heavy atom. The van der Waals surface area contributed by atoms with E-state index in [0.717, 1.165) is 51.4 Å². The van der Waals surface area contributed by atoms with E-state index >= 15 is 0 Å². The van der Waals surface area contributed by atoms with Crippen molar-refractivity contribution in [2.45, 2.75) is 41.5 Å². The van der Waals surface area contributed by atoms with Gasteiger partial charge in [-0.1, -0.05) is 106 Å². The molecule has 0 amide bonds. The van der Waals surface area contributed by atoms with Crippen LogP contribution in [0.5, 0.6) is 0 Å². The first-order valence-electron chi connectivity index (χ1n) is 17.5. The highest BCUT2D eigenvalue weighted by atomic mass is 15.3. The standard InChI is InChI=1S/C47H44N4/c1-33-7-19-39(20-8-33)49(40-21-9-34(2)10-22-40)45-31-46(50(41-23-11-35(3)12-24-41)42-25-13-36(4)14-26-42)48-47(32-45)51(43-27-15-37(5)16-28-43)44-29-17-38(6)18-30-44/h7-32H,1-6H3. The Kier molecular flexibility index (Phi) is 9.41. The van der Waals surface area contributed by atoms with Gasteiger partial charge < -0.3 is 4.90 Å². The van der Waals surface area contributed by atoms with E-state index in [9.17, 15) is 0 Å². The average molecular weight is 665 g/mol. The molecule has 0 atom stereocenters. The highest BCUT2D eigenvalue weighted by molar-refractivity contribution is 5.86. The Bertz CT molecular complexity index is 1810. The van der Waals surface area contributed by atoms with Gasteiger partial charge in [0.25, 0.3) is 0 Å². The molecule has 0 aliphatic rings. The fraction of sp³-hybridized carbons (Fsp3) is 0.128. The molecule has 0 saturated carbocycles. The highest BCUT2D eigenvalue weighted by Gasteiger charge is 2.23. The van der Waals surface area contributed by atoms with Gasteiger partial charge in [-0.05, 0) is 114 Å². The van der Waals surface area contributed by atoms with Gasteiger partial charge >= 0.3 is 0 Å². The molecule has 0 radical (unpaired) electrons. The van der Waals surface area contributed by atoms with Crippen molar-refractivity contribution in [3.63, 3.8) is 0 Å². The van der Waals surface area contributed by atoms with E-state index in [4.69, 9.17) is 4.98 Å². The van der Waals surface area contributed by atoms with Crippen molar-refractivity contribution in [2.75, 3.05) is 14.7 Å². The van der Waals surface area contributed by atoms with E-state index in [-0.39, 0.29) is 0 Å². The lowest BCUT2D eigenvalue weighted by molar-refractivity contribution is 1.12. The van der Waals surface area contributed by atoms with Crippen LogP contribution in [-0.4, -0.2) is 4.98 Å². The molecule has 0 fully saturated rings. The molecule has 4 heteroatoms. The van der Waals surface area contributed by atoms with Crippen LogP contribution < -0.4 is 14.7 Å². The zero-order valence-electron chi connectivity index (χ0n) is 30.3. The predicted molar refractivity (Wildman–Crippen MR) is 217 cm³/mol. The number of aryl methyl sites for hydroxylation is 6. The van der Waals surface area contributed by atoms with Crippen molar-refractivity contribution in [2.24, 2.45) is 0 Å². The van der Waals surface area contributed by atoms with Gasteiger partial charge in [0.15, 0.2) is 0 Å². The first-order valence-corrected chi connectivity index (χ1v) is 17.5. The Hall–Kier alpha value is -6.13. The van der Waals surface area contributed by atoms with Crippen LogP contribution in [0.3, 0.4) is 0 Å². The smallest absolute Gasteiger partial charge is 0.142 e. The lowest BCUT2D eigenvalue weighted by Gasteiger charge is -2.32. The van der Waals surface area contributed by atoms with Crippen LogP contribution in [0.4, 0.5) is 51.4 Å². The monoisotopic (exact) mass is 664 g/mol. The topological polar surface area (TPSA) is 22.6 Å². The summed E-state index contributed by atoms with van der Waals surface area (Å²) in [4.78, 5) is 12.4. The molecule has 0 spiro atoms. The maximum Gasteiger partial charge on any atom is 0.142 e. The van der Waals surface area contributed by atoms with Crippen LogP contribution in [0.15, 0.2) is 158 Å². The number of pyridine rings is 1. The van der Waals surface area contributed by atoms with Gasteiger partial charge in [-0.15, -0.1) is 0 Å². The lowest BCUT2D eigenvalue weighted by Crippen LogP contribution is -2.18. The van der Waals surface area contributed by atoms with Crippen LogP contribution in [0.2, 0.25) is 0 Å². The number of anilines is 9. The summed E-state index contributed by atoms with van der Waals surface area (Å²) in [7, 11) is 0. The average Bonchev–Trinajstić information content (AvgIpc) is 3.13. The molecule has 1 aromatic heterocycles. The van der Waals surface area contributed by atoms with Crippen molar-refractivity contribution in [1.29, 1.82) is 0 Å². The quantitative estimate of drug-likeness (QED) is 0.153. The molecule has 0 unspecified atom stereocenters. The molecule has 0 N–H and O–H groups in total. The lowest BCUT2D eigenvalue weighted by atomic mass is 10.1. The fourth-order valence-corrected chi connectivity index (χ4v) is 6.28. The van der Waals surface area contributed by atoms with Crippen molar-refractivity contribution in [3.05, 3.63) is 191 Å². The van der Waals surface area contributed by atoms with Gasteiger partial charge in [-0.2, -0.15) is 0 Å². The number of rotatable bonds is 9. The largest absolute Gasteiger partial charge is 0.310 e. The molecule has 7 aromatic rings. The third kappa shape index (κ3) is 7.41. The Labute approximate surface area is 302 Å². The second kappa shape index (κ2) is 14.4. The highest BCUT2D eigenvalue weighted by Crippen LogP contribution is 2.44. The summed E-state index contributed by atoms with van der Waals surface area (Å²) in [5.41, 5.74) is 14.6. The third-order valence-electron chi connectivity index (χ3n) is 9.25. The molecule has 0 aliphatic carbocycles. The molecule has 7 rings (SSSR count). The zero-order valence-corrected chi connectivity index (χ0v) is 30.3. The van der Waals surface area contributed by atoms with Gasteiger partial charge in [0.05, 0.1) is 5.69 Å².